The van der Waals surface area contributed by atoms with E-state index in [4.69, 9.17) is 21.6 Å². The van der Waals surface area contributed by atoms with Crippen LogP contribution in [0.25, 0.3) is 0 Å². The molecule has 0 aliphatic heterocycles. The smallest absolute Gasteiger partial charge is 0.423 e. The molecule has 0 spiro atoms. The van der Waals surface area contributed by atoms with Crippen LogP contribution in [0.5, 0.6) is 0 Å². The van der Waals surface area contributed by atoms with Crippen LogP contribution in [0.4, 0.5) is 10.1 Å². The molecule has 0 bridgehead atoms. The number of amides is 1. The molecule has 7 heteroatoms. The van der Waals surface area contributed by atoms with Gasteiger partial charge in [-0.05, 0) is 42.8 Å². The second-order valence-electron chi connectivity index (χ2n) is 4.52. The Labute approximate surface area is 126 Å². The Morgan fingerprint density at radius 1 is 1.24 bits per heavy atom. The summed E-state index contributed by atoms with van der Waals surface area (Å²) in [7, 11) is -1.98. The number of carbonyl (C=O) groups is 1. The van der Waals surface area contributed by atoms with Crippen molar-refractivity contribution in [3.63, 3.8) is 0 Å². The molecule has 1 amide bonds. The average Bonchev–Trinajstić information content (AvgIpc) is 2.43. The van der Waals surface area contributed by atoms with Crippen LogP contribution in [-0.4, -0.2) is 23.1 Å². The van der Waals surface area contributed by atoms with Gasteiger partial charge in [0.2, 0.25) is 0 Å². The van der Waals surface area contributed by atoms with E-state index in [0.717, 1.165) is 17.7 Å². The fraction of sp³-hybridized carbons (Fsp3) is 0.0714. The third-order valence-corrected chi connectivity index (χ3v) is 3.22. The van der Waals surface area contributed by atoms with Crippen LogP contribution >= 0.6 is 11.6 Å². The fourth-order valence-corrected chi connectivity index (χ4v) is 1.98. The molecule has 0 aliphatic rings. The van der Waals surface area contributed by atoms with Crippen molar-refractivity contribution in [2.45, 2.75) is 6.92 Å². The van der Waals surface area contributed by atoms with Crippen LogP contribution in [0.2, 0.25) is 5.02 Å². The maximum absolute atomic E-state index is 13.4. The van der Waals surface area contributed by atoms with Crippen molar-refractivity contribution < 1.29 is 19.2 Å². The molecule has 0 unspecified atom stereocenters. The quantitative estimate of drug-likeness (QED) is 0.756. The summed E-state index contributed by atoms with van der Waals surface area (Å²) < 4.78 is 13.4. The summed E-state index contributed by atoms with van der Waals surface area (Å²) >= 11 is 5.87. The highest BCUT2D eigenvalue weighted by Crippen LogP contribution is 2.20. The number of hydrogen-bond donors (Lipinski definition) is 3. The van der Waals surface area contributed by atoms with Crippen molar-refractivity contribution in [2.75, 3.05) is 5.32 Å². The largest absolute Gasteiger partial charge is 0.491 e. The molecule has 0 fully saturated rings. The van der Waals surface area contributed by atoms with E-state index in [0.29, 0.717) is 10.7 Å². The van der Waals surface area contributed by atoms with Gasteiger partial charge in [-0.2, -0.15) is 0 Å². The lowest BCUT2D eigenvalue weighted by Gasteiger charge is -2.10. The molecule has 4 nitrogen and oxygen atoms in total. The first-order chi connectivity index (χ1) is 9.88. The van der Waals surface area contributed by atoms with Gasteiger partial charge >= 0.3 is 7.12 Å². The molecule has 0 aliphatic carbocycles. The number of nitrogens with one attached hydrogen (secondary N) is 1. The van der Waals surface area contributed by atoms with Crippen LogP contribution in [0.3, 0.4) is 0 Å². The molecule has 0 aromatic heterocycles. The highest BCUT2D eigenvalue weighted by Gasteiger charge is 2.19. The van der Waals surface area contributed by atoms with Gasteiger partial charge in [0.1, 0.15) is 5.82 Å². The molecule has 0 atom stereocenters. The van der Waals surface area contributed by atoms with Gasteiger partial charge < -0.3 is 15.4 Å². The van der Waals surface area contributed by atoms with E-state index in [9.17, 15) is 9.18 Å². The second-order valence-corrected chi connectivity index (χ2v) is 4.96. The van der Waals surface area contributed by atoms with Crippen molar-refractivity contribution in [2.24, 2.45) is 0 Å². The highest BCUT2D eigenvalue weighted by atomic mass is 35.5. The average molecular weight is 308 g/mol. The number of rotatable bonds is 3. The molecular weight excluding hydrogens is 295 g/mol. The fourth-order valence-electron chi connectivity index (χ4n) is 1.81. The van der Waals surface area contributed by atoms with Gasteiger partial charge in [0.05, 0.1) is 0 Å². The van der Waals surface area contributed by atoms with Gasteiger partial charge in [-0.3, -0.25) is 4.79 Å². The first-order valence-corrected chi connectivity index (χ1v) is 6.49. The summed E-state index contributed by atoms with van der Waals surface area (Å²) in [5.41, 5.74) is 1.10. The Bertz CT molecular complexity index is 694. The highest BCUT2D eigenvalue weighted by molar-refractivity contribution is 6.58. The van der Waals surface area contributed by atoms with Crippen molar-refractivity contribution in [1.29, 1.82) is 0 Å². The third-order valence-electron chi connectivity index (χ3n) is 2.98. The topological polar surface area (TPSA) is 69.6 Å². The zero-order valence-electron chi connectivity index (χ0n) is 11.1. The summed E-state index contributed by atoms with van der Waals surface area (Å²) in [6.45, 7) is 1.81. The van der Waals surface area contributed by atoms with Crippen LogP contribution in [-0.2, 0) is 0 Å². The van der Waals surface area contributed by atoms with Crippen molar-refractivity contribution >= 4 is 35.8 Å². The maximum atomic E-state index is 13.4. The Hall–Kier alpha value is -1.89. The molecule has 3 N–H and O–H groups in total. The van der Waals surface area contributed by atoms with E-state index in [-0.39, 0.29) is 11.0 Å². The zero-order chi connectivity index (χ0) is 15.6. The Morgan fingerprint density at radius 2 is 1.95 bits per heavy atom. The van der Waals surface area contributed by atoms with E-state index >= 15 is 0 Å². The Kier molecular flexibility index (Phi) is 4.62. The van der Waals surface area contributed by atoms with Crippen molar-refractivity contribution in [3.05, 3.63) is 58.4 Å². The van der Waals surface area contributed by atoms with Crippen LogP contribution in [0.15, 0.2) is 36.4 Å². The summed E-state index contributed by atoms with van der Waals surface area (Å²) in [5, 5.41) is 21.2. The van der Waals surface area contributed by atoms with Crippen LogP contribution in [0.1, 0.15) is 15.9 Å². The lowest BCUT2D eigenvalue weighted by molar-refractivity contribution is 0.102. The van der Waals surface area contributed by atoms with E-state index < -0.39 is 18.8 Å². The number of aryl methyl sites for hydroxylation is 1. The SMILES string of the molecule is Cc1ccc(Cl)cc1NC(=O)c1ccc(F)c(B(O)O)c1. The second kappa shape index (κ2) is 6.26. The van der Waals surface area contributed by atoms with Gasteiger partial charge in [-0.25, -0.2) is 4.39 Å². The predicted octanol–water partition coefficient (Wildman–Crippen LogP) is 1.72. The van der Waals surface area contributed by atoms with Crippen LogP contribution in [0, 0.1) is 12.7 Å². The Balaban J connectivity index is 2.28. The number of hydrogen-bond acceptors (Lipinski definition) is 3. The molecule has 2 rings (SSSR count). The van der Waals surface area contributed by atoms with Gasteiger partial charge in [-0.1, -0.05) is 17.7 Å². The van der Waals surface area contributed by atoms with Crippen molar-refractivity contribution in [1.82, 2.24) is 0 Å². The maximum Gasteiger partial charge on any atom is 0.491 e. The first-order valence-electron chi connectivity index (χ1n) is 6.11. The standard InChI is InChI=1S/C14H12BClFNO3/c1-8-2-4-10(16)7-13(8)18-14(19)9-3-5-12(17)11(6-9)15(20)21/h2-7,20-21H,1H3,(H,18,19). The number of halogens is 2. The molecule has 108 valence electrons. The molecule has 21 heavy (non-hydrogen) atoms. The normalized spacial score (nSPS) is 10.3. The lowest BCUT2D eigenvalue weighted by Crippen LogP contribution is -2.33. The first kappa shape index (κ1) is 15.5. The molecular formula is C14H12BClFNO3. The van der Waals surface area contributed by atoms with E-state index in [1.807, 2.05) is 0 Å². The van der Waals surface area contributed by atoms with E-state index in [2.05, 4.69) is 5.32 Å². The summed E-state index contributed by atoms with van der Waals surface area (Å²) in [5.74, 6) is -1.29. The minimum atomic E-state index is -1.98. The molecule has 2 aromatic carbocycles. The third kappa shape index (κ3) is 3.61. The van der Waals surface area contributed by atoms with Gasteiger partial charge in [0, 0.05) is 21.7 Å². The monoisotopic (exact) mass is 307 g/mol. The van der Waals surface area contributed by atoms with Crippen LogP contribution < -0.4 is 10.8 Å². The zero-order valence-corrected chi connectivity index (χ0v) is 11.9. The number of anilines is 1. The summed E-state index contributed by atoms with van der Waals surface area (Å²) in [6.07, 6.45) is 0. The molecule has 0 radical (unpaired) electrons. The lowest BCUT2D eigenvalue weighted by atomic mass is 9.79. The molecule has 0 heterocycles. The van der Waals surface area contributed by atoms with Crippen molar-refractivity contribution in [3.8, 4) is 0 Å². The molecule has 0 saturated carbocycles. The van der Waals surface area contributed by atoms with E-state index in [1.54, 1.807) is 25.1 Å². The molecule has 2 aromatic rings. The minimum absolute atomic E-state index is 0.110. The summed E-state index contributed by atoms with van der Waals surface area (Å²) in [6, 6.07) is 8.41. The van der Waals surface area contributed by atoms with Gasteiger partial charge in [0.25, 0.3) is 5.91 Å². The number of carbonyl (C=O) groups excluding carboxylic acids is 1. The summed E-state index contributed by atoms with van der Waals surface area (Å²) in [4.78, 5) is 12.1. The Morgan fingerprint density at radius 3 is 2.62 bits per heavy atom. The predicted molar refractivity (Wildman–Crippen MR) is 80.4 cm³/mol. The molecule has 0 saturated heterocycles. The minimum Gasteiger partial charge on any atom is -0.423 e. The van der Waals surface area contributed by atoms with E-state index in [1.165, 1.54) is 6.07 Å². The van der Waals surface area contributed by atoms with Gasteiger partial charge in [-0.15, -0.1) is 0 Å². The van der Waals surface area contributed by atoms with Gasteiger partial charge in [0.15, 0.2) is 0 Å². The number of benzene rings is 2.